The minimum atomic E-state index is -0.00207. The SMILES string of the molecule is CCC(CC)N(C)C1(CN)CCOC(C)(CC)C1. The third-order valence-electron chi connectivity index (χ3n) is 5.09. The average Bonchev–Trinajstić information content (AvgIpc) is 2.40. The first-order valence-electron chi connectivity index (χ1n) is 7.54. The molecule has 18 heavy (non-hydrogen) atoms. The fourth-order valence-corrected chi connectivity index (χ4v) is 3.39. The maximum Gasteiger partial charge on any atom is 0.0670 e. The number of hydrogen-bond donors (Lipinski definition) is 1. The molecule has 1 aliphatic rings. The van der Waals surface area contributed by atoms with Crippen molar-refractivity contribution in [3.63, 3.8) is 0 Å². The Kier molecular flexibility index (Phi) is 5.63. The van der Waals surface area contributed by atoms with E-state index in [2.05, 4.69) is 39.6 Å². The van der Waals surface area contributed by atoms with Crippen LogP contribution in [0.2, 0.25) is 0 Å². The maximum atomic E-state index is 6.16. The van der Waals surface area contributed by atoms with Crippen LogP contribution in [-0.2, 0) is 4.74 Å². The van der Waals surface area contributed by atoms with E-state index in [1.54, 1.807) is 0 Å². The van der Waals surface area contributed by atoms with Crippen LogP contribution in [0.4, 0.5) is 0 Å². The number of ether oxygens (including phenoxy) is 1. The zero-order valence-electron chi connectivity index (χ0n) is 13.0. The van der Waals surface area contributed by atoms with Gasteiger partial charge in [-0.2, -0.15) is 0 Å². The predicted octanol–water partition coefficient (Wildman–Crippen LogP) is 2.78. The van der Waals surface area contributed by atoms with Crippen molar-refractivity contribution in [3.8, 4) is 0 Å². The summed E-state index contributed by atoms with van der Waals surface area (Å²) in [6.45, 7) is 10.6. The Balaban J connectivity index is 2.90. The number of nitrogens with two attached hydrogens (primary N) is 1. The topological polar surface area (TPSA) is 38.5 Å². The quantitative estimate of drug-likeness (QED) is 0.794. The molecule has 1 saturated heterocycles. The fourth-order valence-electron chi connectivity index (χ4n) is 3.39. The third-order valence-corrected chi connectivity index (χ3v) is 5.09. The molecule has 1 heterocycles. The zero-order valence-corrected chi connectivity index (χ0v) is 13.0. The van der Waals surface area contributed by atoms with Crippen molar-refractivity contribution in [1.82, 2.24) is 4.90 Å². The van der Waals surface area contributed by atoms with Gasteiger partial charge in [0.1, 0.15) is 0 Å². The molecule has 1 rings (SSSR count). The van der Waals surface area contributed by atoms with Crippen LogP contribution in [0.1, 0.15) is 59.8 Å². The summed E-state index contributed by atoms with van der Waals surface area (Å²) in [5, 5.41) is 0. The van der Waals surface area contributed by atoms with Crippen molar-refractivity contribution < 1.29 is 4.74 Å². The van der Waals surface area contributed by atoms with Crippen LogP contribution in [0.15, 0.2) is 0 Å². The molecule has 108 valence electrons. The third kappa shape index (κ3) is 3.06. The predicted molar refractivity (Wildman–Crippen MR) is 77.8 cm³/mol. The smallest absolute Gasteiger partial charge is 0.0670 e. The zero-order chi connectivity index (χ0) is 13.8. The number of nitrogens with zero attached hydrogens (tertiary/aromatic N) is 1. The van der Waals surface area contributed by atoms with E-state index < -0.39 is 0 Å². The maximum absolute atomic E-state index is 6.16. The van der Waals surface area contributed by atoms with Crippen LogP contribution in [0, 0.1) is 0 Å². The lowest BCUT2D eigenvalue weighted by Crippen LogP contribution is -2.62. The van der Waals surface area contributed by atoms with Gasteiger partial charge < -0.3 is 10.5 Å². The van der Waals surface area contributed by atoms with Crippen molar-refractivity contribution in [2.75, 3.05) is 20.2 Å². The molecule has 3 nitrogen and oxygen atoms in total. The molecule has 0 bridgehead atoms. The summed E-state index contributed by atoms with van der Waals surface area (Å²) in [4.78, 5) is 2.55. The largest absolute Gasteiger partial charge is 0.375 e. The summed E-state index contributed by atoms with van der Waals surface area (Å²) < 4.78 is 5.99. The van der Waals surface area contributed by atoms with Crippen LogP contribution in [0.3, 0.4) is 0 Å². The molecule has 2 unspecified atom stereocenters. The van der Waals surface area contributed by atoms with Gasteiger partial charge >= 0.3 is 0 Å². The van der Waals surface area contributed by atoms with Gasteiger partial charge in [-0.3, -0.25) is 4.90 Å². The van der Waals surface area contributed by atoms with Crippen molar-refractivity contribution in [2.45, 2.75) is 77.0 Å². The first kappa shape index (κ1) is 15.9. The molecule has 0 aromatic rings. The second-order valence-corrected chi connectivity index (χ2v) is 6.09. The molecule has 0 saturated carbocycles. The highest BCUT2D eigenvalue weighted by Gasteiger charge is 2.45. The number of hydrogen-bond acceptors (Lipinski definition) is 3. The lowest BCUT2D eigenvalue weighted by molar-refractivity contribution is -0.131. The lowest BCUT2D eigenvalue weighted by atomic mass is 9.77. The summed E-state index contributed by atoms with van der Waals surface area (Å²) in [6.07, 6.45) is 5.56. The number of rotatable bonds is 6. The normalized spacial score (nSPS) is 33.3. The van der Waals surface area contributed by atoms with E-state index in [0.29, 0.717) is 6.04 Å². The second-order valence-electron chi connectivity index (χ2n) is 6.09. The highest BCUT2D eigenvalue weighted by molar-refractivity contribution is 5.01. The van der Waals surface area contributed by atoms with Crippen LogP contribution in [0.5, 0.6) is 0 Å². The van der Waals surface area contributed by atoms with Gasteiger partial charge in [0.15, 0.2) is 0 Å². The van der Waals surface area contributed by atoms with Gasteiger partial charge in [-0.1, -0.05) is 20.8 Å². The van der Waals surface area contributed by atoms with E-state index in [1.165, 1.54) is 12.8 Å². The van der Waals surface area contributed by atoms with E-state index in [-0.39, 0.29) is 11.1 Å². The van der Waals surface area contributed by atoms with Gasteiger partial charge in [0, 0.05) is 24.7 Å². The van der Waals surface area contributed by atoms with Crippen molar-refractivity contribution in [1.29, 1.82) is 0 Å². The monoisotopic (exact) mass is 256 g/mol. The molecule has 2 N–H and O–H groups in total. The molecule has 0 aromatic heterocycles. The van der Waals surface area contributed by atoms with E-state index in [0.717, 1.165) is 32.4 Å². The van der Waals surface area contributed by atoms with E-state index in [9.17, 15) is 0 Å². The van der Waals surface area contributed by atoms with Crippen LogP contribution in [0.25, 0.3) is 0 Å². The van der Waals surface area contributed by atoms with Gasteiger partial charge in [-0.15, -0.1) is 0 Å². The van der Waals surface area contributed by atoms with Crippen LogP contribution >= 0.6 is 0 Å². The molecule has 0 spiro atoms. The summed E-state index contributed by atoms with van der Waals surface area (Å²) in [6, 6.07) is 0.632. The first-order chi connectivity index (χ1) is 8.47. The second kappa shape index (κ2) is 6.36. The van der Waals surface area contributed by atoms with E-state index >= 15 is 0 Å². The van der Waals surface area contributed by atoms with Gasteiger partial charge in [0.2, 0.25) is 0 Å². The molecule has 0 aliphatic carbocycles. The van der Waals surface area contributed by atoms with E-state index in [4.69, 9.17) is 10.5 Å². The molecular weight excluding hydrogens is 224 g/mol. The Morgan fingerprint density at radius 1 is 1.28 bits per heavy atom. The summed E-state index contributed by atoms with van der Waals surface area (Å²) in [5.41, 5.74) is 6.29. The minimum Gasteiger partial charge on any atom is -0.375 e. The number of likely N-dealkylation sites (N-methyl/N-ethyl adjacent to an activating group) is 1. The minimum absolute atomic E-state index is 0.00207. The molecule has 1 aliphatic heterocycles. The van der Waals surface area contributed by atoms with Gasteiger partial charge in [-0.25, -0.2) is 0 Å². The summed E-state index contributed by atoms with van der Waals surface area (Å²) in [7, 11) is 2.26. The molecule has 0 amide bonds. The lowest BCUT2D eigenvalue weighted by Gasteiger charge is -2.52. The van der Waals surface area contributed by atoms with Crippen molar-refractivity contribution >= 4 is 0 Å². The van der Waals surface area contributed by atoms with Gasteiger partial charge in [-0.05, 0) is 46.1 Å². The summed E-state index contributed by atoms with van der Waals surface area (Å²) in [5.74, 6) is 0. The first-order valence-corrected chi connectivity index (χ1v) is 7.54. The van der Waals surface area contributed by atoms with Crippen LogP contribution in [-0.4, -0.2) is 42.3 Å². The standard InChI is InChI=1S/C15H32N2O/c1-6-13(7-2)17(5)15(12-16)9-10-18-14(4,8-3)11-15/h13H,6-12,16H2,1-5H3. The summed E-state index contributed by atoms with van der Waals surface area (Å²) >= 11 is 0. The highest BCUT2D eigenvalue weighted by atomic mass is 16.5. The molecule has 0 radical (unpaired) electrons. The molecular formula is C15H32N2O. The fraction of sp³-hybridized carbons (Fsp3) is 1.00. The Morgan fingerprint density at radius 2 is 1.89 bits per heavy atom. The van der Waals surface area contributed by atoms with Gasteiger partial charge in [0.05, 0.1) is 5.60 Å². The molecule has 0 aromatic carbocycles. The Labute approximate surface area is 113 Å². The highest BCUT2D eigenvalue weighted by Crippen LogP contribution is 2.38. The molecule has 1 fully saturated rings. The Hall–Kier alpha value is -0.120. The Morgan fingerprint density at radius 3 is 2.33 bits per heavy atom. The molecule has 3 heteroatoms. The van der Waals surface area contributed by atoms with Crippen LogP contribution < -0.4 is 5.73 Å². The average molecular weight is 256 g/mol. The van der Waals surface area contributed by atoms with E-state index in [1.807, 2.05) is 0 Å². The van der Waals surface area contributed by atoms with Crippen molar-refractivity contribution in [2.24, 2.45) is 5.73 Å². The Bertz CT molecular complexity index is 255. The van der Waals surface area contributed by atoms with Gasteiger partial charge in [0.25, 0.3) is 0 Å². The molecule has 2 atom stereocenters. The van der Waals surface area contributed by atoms with Crippen molar-refractivity contribution in [3.05, 3.63) is 0 Å².